The van der Waals surface area contributed by atoms with Crippen LogP contribution < -0.4 is 10.6 Å². The lowest BCUT2D eigenvalue weighted by Gasteiger charge is -2.33. The molecule has 0 aliphatic rings. The monoisotopic (exact) mass is 444 g/mol. The van der Waals surface area contributed by atoms with E-state index in [1.165, 1.54) is 0 Å². The molecule has 168 valence electrons. The Labute approximate surface area is 190 Å². The third-order valence-corrected chi connectivity index (χ3v) is 6.37. The van der Waals surface area contributed by atoms with Crippen LogP contribution in [0.5, 0.6) is 0 Å². The van der Waals surface area contributed by atoms with Gasteiger partial charge in [-0.2, -0.15) is 5.26 Å². The molecule has 0 atom stereocenters. The summed E-state index contributed by atoms with van der Waals surface area (Å²) in [4.78, 5) is 12.9. The maximum absolute atomic E-state index is 12.9. The zero-order valence-corrected chi connectivity index (χ0v) is 19.9. The summed E-state index contributed by atoms with van der Waals surface area (Å²) >= 11 is 6.05. The van der Waals surface area contributed by atoms with Gasteiger partial charge in [0.25, 0.3) is 0 Å². The zero-order chi connectivity index (χ0) is 23.0. The predicted octanol–water partition coefficient (Wildman–Crippen LogP) is 4.91. The van der Waals surface area contributed by atoms with E-state index >= 15 is 0 Å². The summed E-state index contributed by atoms with van der Waals surface area (Å²) in [6.45, 7) is 9.50. The Morgan fingerprint density at radius 3 is 2.42 bits per heavy atom. The molecule has 0 unspecified atom stereocenters. The summed E-state index contributed by atoms with van der Waals surface area (Å²) in [6.07, 6.45) is 2.45. The summed E-state index contributed by atoms with van der Waals surface area (Å²) in [5, 5.41) is 16.8. The largest absolute Gasteiger partial charge is 0.385 e. The second kappa shape index (κ2) is 11.3. The molecule has 0 fully saturated rings. The molecule has 2 aromatic rings. The fourth-order valence-corrected chi connectivity index (χ4v) is 4.11. The lowest BCUT2D eigenvalue weighted by Crippen LogP contribution is -2.45. The van der Waals surface area contributed by atoms with Crippen LogP contribution in [0.4, 0.5) is 5.82 Å². The average Bonchev–Trinajstić information content (AvgIpc) is 2.99. The predicted molar refractivity (Wildman–Crippen MR) is 125 cm³/mol. The van der Waals surface area contributed by atoms with Gasteiger partial charge < -0.3 is 14.6 Å². The second-order valence-corrected chi connectivity index (χ2v) is 8.18. The molecule has 6 nitrogen and oxygen atoms in total. The number of aromatic nitrogens is 1. The van der Waals surface area contributed by atoms with Crippen molar-refractivity contribution in [1.29, 1.82) is 5.26 Å². The molecule has 1 amide bonds. The fourth-order valence-electron chi connectivity index (χ4n) is 3.98. The Bertz CT molecular complexity index is 925. The number of nitrogens with one attached hydrogen (secondary N) is 2. The van der Waals surface area contributed by atoms with Gasteiger partial charge in [0, 0.05) is 36.5 Å². The lowest BCUT2D eigenvalue weighted by molar-refractivity contribution is -0.115. The highest BCUT2D eigenvalue weighted by atomic mass is 35.5. The molecule has 1 aromatic heterocycles. The van der Waals surface area contributed by atoms with Crippen molar-refractivity contribution < 1.29 is 9.53 Å². The number of carbonyl (C=O) groups excluding carboxylic acids is 1. The molecule has 1 aromatic carbocycles. The standard InChI is InChI=1S/C24H33ClN4O2/c1-6-24(7-2,19-9-11-20(25)12-10-19)27-16-22(30)28-23-21(15-26)17(3)18(4)29(23)13-8-14-31-5/h9-12,27H,6-8,13-14,16H2,1-5H3,(H,28,30). The van der Waals surface area contributed by atoms with Crippen LogP contribution >= 0.6 is 11.6 Å². The van der Waals surface area contributed by atoms with E-state index < -0.39 is 0 Å². The van der Waals surface area contributed by atoms with Gasteiger partial charge in [-0.15, -0.1) is 0 Å². The summed E-state index contributed by atoms with van der Waals surface area (Å²) in [5.41, 5.74) is 3.15. The van der Waals surface area contributed by atoms with E-state index in [1.807, 2.05) is 42.7 Å². The number of ether oxygens (including phenoxy) is 1. The van der Waals surface area contributed by atoms with Gasteiger partial charge in [0.1, 0.15) is 11.9 Å². The number of nitriles is 1. The second-order valence-electron chi connectivity index (χ2n) is 7.74. The zero-order valence-electron chi connectivity index (χ0n) is 19.1. The molecular weight excluding hydrogens is 412 g/mol. The number of carbonyl (C=O) groups is 1. The van der Waals surface area contributed by atoms with Crippen LogP contribution in [-0.2, 0) is 21.6 Å². The first-order valence-electron chi connectivity index (χ1n) is 10.7. The van der Waals surface area contributed by atoms with Gasteiger partial charge in [0.2, 0.25) is 5.91 Å². The summed E-state index contributed by atoms with van der Waals surface area (Å²) in [7, 11) is 1.66. The SMILES string of the molecule is CCC(CC)(NCC(=O)Nc1c(C#N)c(C)c(C)n1CCCOC)c1ccc(Cl)cc1. The van der Waals surface area contributed by atoms with Crippen molar-refractivity contribution in [1.82, 2.24) is 9.88 Å². The Morgan fingerprint density at radius 1 is 1.23 bits per heavy atom. The van der Waals surface area contributed by atoms with Crippen molar-refractivity contribution in [2.45, 2.75) is 59.0 Å². The maximum atomic E-state index is 12.9. The topological polar surface area (TPSA) is 79.1 Å². The van der Waals surface area contributed by atoms with Gasteiger partial charge in [0.15, 0.2) is 0 Å². The van der Waals surface area contributed by atoms with Crippen molar-refractivity contribution in [3.8, 4) is 6.07 Å². The minimum atomic E-state index is -0.327. The molecule has 0 saturated carbocycles. The van der Waals surface area contributed by atoms with Crippen molar-refractivity contribution >= 4 is 23.3 Å². The van der Waals surface area contributed by atoms with E-state index in [0.29, 0.717) is 29.6 Å². The number of methoxy groups -OCH3 is 1. The highest BCUT2D eigenvalue weighted by molar-refractivity contribution is 6.30. The van der Waals surface area contributed by atoms with Crippen molar-refractivity contribution in [2.24, 2.45) is 0 Å². The first kappa shape index (κ1) is 24.9. The molecule has 0 saturated heterocycles. The molecule has 0 bridgehead atoms. The van der Waals surface area contributed by atoms with Gasteiger partial charge in [-0.3, -0.25) is 10.1 Å². The Hall–Kier alpha value is -2.33. The summed E-state index contributed by atoms with van der Waals surface area (Å²) in [5.74, 6) is 0.382. The van der Waals surface area contributed by atoms with Gasteiger partial charge in [-0.1, -0.05) is 37.6 Å². The highest BCUT2D eigenvalue weighted by Crippen LogP contribution is 2.30. The molecule has 2 rings (SSSR count). The Balaban J connectivity index is 2.20. The van der Waals surface area contributed by atoms with Gasteiger partial charge in [-0.05, 0) is 56.4 Å². The summed E-state index contributed by atoms with van der Waals surface area (Å²) in [6, 6.07) is 9.99. The molecule has 0 radical (unpaired) electrons. The van der Waals surface area contributed by atoms with E-state index in [0.717, 1.165) is 36.1 Å². The number of nitrogens with zero attached hydrogens (tertiary/aromatic N) is 2. The van der Waals surface area contributed by atoms with Crippen LogP contribution in [0, 0.1) is 25.2 Å². The van der Waals surface area contributed by atoms with Crippen LogP contribution in [-0.4, -0.2) is 30.7 Å². The molecule has 1 heterocycles. The number of halogens is 1. The molecule has 0 spiro atoms. The summed E-state index contributed by atoms with van der Waals surface area (Å²) < 4.78 is 7.15. The quantitative estimate of drug-likeness (QED) is 0.482. The third kappa shape index (κ3) is 5.68. The molecule has 2 N–H and O–H groups in total. The first-order valence-corrected chi connectivity index (χ1v) is 11.1. The van der Waals surface area contributed by atoms with Gasteiger partial charge in [0.05, 0.1) is 12.1 Å². The molecule has 7 heteroatoms. The molecule has 0 aliphatic heterocycles. The smallest absolute Gasteiger partial charge is 0.239 e. The minimum absolute atomic E-state index is 0.135. The van der Waals surface area contributed by atoms with Gasteiger partial charge >= 0.3 is 0 Å². The van der Waals surface area contributed by atoms with Crippen molar-refractivity contribution in [2.75, 3.05) is 25.6 Å². The number of anilines is 1. The fraction of sp³-hybridized carbons (Fsp3) is 0.500. The van der Waals surface area contributed by atoms with Crippen LogP contribution in [0.15, 0.2) is 24.3 Å². The van der Waals surface area contributed by atoms with Crippen LogP contribution in [0.2, 0.25) is 5.02 Å². The van der Waals surface area contributed by atoms with Crippen molar-refractivity contribution in [3.63, 3.8) is 0 Å². The van der Waals surface area contributed by atoms with Crippen LogP contribution in [0.1, 0.15) is 55.5 Å². The van der Waals surface area contributed by atoms with Crippen molar-refractivity contribution in [3.05, 3.63) is 51.7 Å². The average molecular weight is 445 g/mol. The van der Waals surface area contributed by atoms with Crippen LogP contribution in [0.25, 0.3) is 0 Å². The number of hydrogen-bond donors (Lipinski definition) is 2. The van der Waals surface area contributed by atoms with E-state index in [2.05, 4.69) is 30.6 Å². The van der Waals surface area contributed by atoms with Crippen LogP contribution in [0.3, 0.4) is 0 Å². The molecule has 0 aliphatic carbocycles. The third-order valence-electron chi connectivity index (χ3n) is 6.12. The Morgan fingerprint density at radius 2 is 1.87 bits per heavy atom. The first-order chi connectivity index (χ1) is 14.8. The van der Waals surface area contributed by atoms with Gasteiger partial charge in [-0.25, -0.2) is 0 Å². The number of amides is 1. The van der Waals surface area contributed by atoms with E-state index in [1.54, 1.807) is 7.11 Å². The number of hydrogen-bond acceptors (Lipinski definition) is 4. The van der Waals surface area contributed by atoms with E-state index in [4.69, 9.17) is 16.3 Å². The maximum Gasteiger partial charge on any atom is 0.239 e. The van der Waals surface area contributed by atoms with E-state index in [-0.39, 0.29) is 18.0 Å². The normalized spacial score (nSPS) is 11.4. The minimum Gasteiger partial charge on any atom is -0.385 e. The highest BCUT2D eigenvalue weighted by Gasteiger charge is 2.29. The lowest BCUT2D eigenvalue weighted by atomic mass is 9.84. The van der Waals surface area contributed by atoms with E-state index in [9.17, 15) is 10.1 Å². The molecular formula is C24H33ClN4O2. The number of benzene rings is 1. The Kier molecular flexibility index (Phi) is 9.12. The number of rotatable bonds is 11. The molecule has 31 heavy (non-hydrogen) atoms.